The fourth-order valence-corrected chi connectivity index (χ4v) is 2.12. The van der Waals surface area contributed by atoms with Gasteiger partial charge in [0, 0.05) is 12.8 Å². The topological polar surface area (TPSA) is 20.3 Å². The Kier molecular flexibility index (Phi) is 4.35. The van der Waals surface area contributed by atoms with Gasteiger partial charge in [0.1, 0.15) is 0 Å². The Balaban J connectivity index is 2.55. The Bertz CT molecular complexity index is 256. The molecule has 0 radical (unpaired) electrons. The van der Waals surface area contributed by atoms with Crippen LogP contribution in [-0.2, 0) is 4.79 Å². The molecule has 1 aliphatic heterocycles. The summed E-state index contributed by atoms with van der Waals surface area (Å²) in [5, 5.41) is 0. The fraction of sp³-hybridized carbons (Fsp3) is 0.769. The lowest BCUT2D eigenvalue weighted by Crippen LogP contribution is -2.52. The molecule has 0 bridgehead atoms. The summed E-state index contributed by atoms with van der Waals surface area (Å²) in [6.45, 7) is 6.15. The van der Waals surface area contributed by atoms with Gasteiger partial charge in [-0.25, -0.2) is 0 Å². The highest BCUT2D eigenvalue weighted by atomic mass is 16.1. The number of ketones is 1. The normalized spacial score (nSPS) is 18.5. The lowest BCUT2D eigenvalue weighted by atomic mass is 9.91. The van der Waals surface area contributed by atoms with Crippen molar-refractivity contribution in [1.29, 1.82) is 0 Å². The molecule has 1 rings (SSSR count). The molecular weight excluding hydrogens is 186 g/mol. The second-order valence-corrected chi connectivity index (χ2v) is 4.73. The van der Waals surface area contributed by atoms with E-state index in [0.717, 1.165) is 13.1 Å². The molecule has 2 nitrogen and oxygen atoms in total. The Morgan fingerprint density at radius 2 is 1.93 bits per heavy atom. The van der Waals surface area contributed by atoms with Crippen molar-refractivity contribution in [3.05, 3.63) is 0 Å². The van der Waals surface area contributed by atoms with Crippen LogP contribution in [0.15, 0.2) is 0 Å². The van der Waals surface area contributed by atoms with Crippen molar-refractivity contribution in [2.75, 3.05) is 13.1 Å². The highest BCUT2D eigenvalue weighted by molar-refractivity contribution is 5.87. The lowest BCUT2D eigenvalue weighted by Gasteiger charge is -2.39. The van der Waals surface area contributed by atoms with Crippen LogP contribution in [0.2, 0.25) is 0 Å². The zero-order valence-electron chi connectivity index (χ0n) is 9.88. The minimum Gasteiger partial charge on any atom is -0.298 e. The van der Waals surface area contributed by atoms with Gasteiger partial charge in [0.25, 0.3) is 0 Å². The molecule has 1 saturated heterocycles. The Labute approximate surface area is 93.0 Å². The summed E-state index contributed by atoms with van der Waals surface area (Å²) in [5.41, 5.74) is -0.322. The largest absolute Gasteiger partial charge is 0.298 e. The molecule has 15 heavy (non-hydrogen) atoms. The van der Waals surface area contributed by atoms with Crippen molar-refractivity contribution in [3.63, 3.8) is 0 Å². The summed E-state index contributed by atoms with van der Waals surface area (Å²) in [6.07, 6.45) is 9.99. The van der Waals surface area contributed by atoms with Gasteiger partial charge in [0.05, 0.1) is 5.54 Å². The number of piperidine rings is 1. The summed E-state index contributed by atoms with van der Waals surface area (Å²) in [4.78, 5) is 14.3. The highest BCUT2D eigenvalue weighted by Crippen LogP contribution is 2.22. The molecule has 84 valence electrons. The minimum absolute atomic E-state index is 0.280. The number of rotatable bonds is 4. The van der Waals surface area contributed by atoms with E-state index in [1.807, 2.05) is 13.8 Å². The number of carbonyl (C=O) groups excluding carboxylic acids is 1. The van der Waals surface area contributed by atoms with E-state index in [-0.39, 0.29) is 11.3 Å². The van der Waals surface area contributed by atoms with Crippen LogP contribution in [0.1, 0.15) is 46.0 Å². The van der Waals surface area contributed by atoms with Gasteiger partial charge in [0.15, 0.2) is 5.78 Å². The summed E-state index contributed by atoms with van der Waals surface area (Å²) >= 11 is 0. The molecule has 0 aromatic carbocycles. The average molecular weight is 207 g/mol. The zero-order valence-corrected chi connectivity index (χ0v) is 9.88. The molecule has 1 fully saturated rings. The summed E-state index contributed by atoms with van der Waals surface area (Å²) in [5.74, 6) is 2.81. The summed E-state index contributed by atoms with van der Waals surface area (Å²) in [6, 6.07) is 0. The van der Waals surface area contributed by atoms with Gasteiger partial charge < -0.3 is 0 Å². The molecule has 1 aliphatic rings. The van der Waals surface area contributed by atoms with E-state index >= 15 is 0 Å². The maximum Gasteiger partial charge on any atom is 0.153 e. The Hall–Kier alpha value is -0.810. The number of hydrogen-bond donors (Lipinski definition) is 0. The summed E-state index contributed by atoms with van der Waals surface area (Å²) < 4.78 is 0. The molecule has 0 spiro atoms. The number of hydrogen-bond acceptors (Lipinski definition) is 2. The highest BCUT2D eigenvalue weighted by Gasteiger charge is 2.33. The number of nitrogens with zero attached hydrogens (tertiary/aromatic N) is 1. The fourth-order valence-electron chi connectivity index (χ4n) is 2.12. The molecule has 0 aromatic rings. The first-order valence-corrected chi connectivity index (χ1v) is 5.81. The predicted octanol–water partition coefficient (Wildman–Crippen LogP) is 2.23. The van der Waals surface area contributed by atoms with Gasteiger partial charge >= 0.3 is 0 Å². The van der Waals surface area contributed by atoms with Crippen LogP contribution in [0.3, 0.4) is 0 Å². The second-order valence-electron chi connectivity index (χ2n) is 4.73. The smallest absolute Gasteiger partial charge is 0.153 e. The van der Waals surface area contributed by atoms with E-state index in [9.17, 15) is 4.79 Å². The van der Waals surface area contributed by atoms with Crippen LogP contribution in [-0.4, -0.2) is 29.3 Å². The van der Waals surface area contributed by atoms with Gasteiger partial charge in [-0.2, -0.15) is 0 Å². The molecular formula is C13H21NO. The molecule has 0 aromatic heterocycles. The van der Waals surface area contributed by atoms with Crippen molar-refractivity contribution in [2.24, 2.45) is 0 Å². The van der Waals surface area contributed by atoms with Crippen LogP contribution in [0, 0.1) is 12.3 Å². The summed E-state index contributed by atoms with van der Waals surface area (Å²) in [7, 11) is 0. The van der Waals surface area contributed by atoms with Crippen molar-refractivity contribution in [2.45, 2.75) is 51.5 Å². The van der Waals surface area contributed by atoms with E-state index in [1.54, 1.807) is 0 Å². The van der Waals surface area contributed by atoms with Gasteiger partial charge in [0.2, 0.25) is 0 Å². The van der Waals surface area contributed by atoms with E-state index in [4.69, 9.17) is 6.42 Å². The van der Waals surface area contributed by atoms with Crippen LogP contribution >= 0.6 is 0 Å². The van der Waals surface area contributed by atoms with Crippen LogP contribution < -0.4 is 0 Å². The minimum atomic E-state index is -0.322. The Morgan fingerprint density at radius 1 is 1.33 bits per heavy atom. The third kappa shape index (κ3) is 3.07. The molecule has 0 unspecified atom stereocenters. The van der Waals surface area contributed by atoms with Crippen molar-refractivity contribution in [3.8, 4) is 12.3 Å². The van der Waals surface area contributed by atoms with Gasteiger partial charge in [-0.15, -0.1) is 12.3 Å². The van der Waals surface area contributed by atoms with Gasteiger partial charge in [-0.3, -0.25) is 9.69 Å². The first kappa shape index (κ1) is 12.3. The van der Waals surface area contributed by atoms with Crippen molar-refractivity contribution >= 4 is 5.78 Å². The maximum atomic E-state index is 12.0. The molecule has 0 N–H and O–H groups in total. The average Bonchev–Trinajstić information content (AvgIpc) is 2.27. The molecule has 0 aliphatic carbocycles. The standard InChI is InChI=1S/C13H21NO/c1-4-5-9-12(15)13(2,3)14-10-7-6-8-11-14/h1H,5-11H2,2-3H3. The van der Waals surface area contributed by atoms with E-state index in [0.29, 0.717) is 12.8 Å². The number of Topliss-reactive ketones (excluding diaryl/α,β-unsaturated/α-hetero) is 1. The third-order valence-electron chi connectivity index (χ3n) is 3.33. The van der Waals surface area contributed by atoms with Gasteiger partial charge in [-0.05, 0) is 39.8 Å². The lowest BCUT2D eigenvalue weighted by molar-refractivity contribution is -0.130. The monoisotopic (exact) mass is 207 g/mol. The first-order chi connectivity index (χ1) is 7.09. The van der Waals surface area contributed by atoms with Crippen molar-refractivity contribution < 1.29 is 4.79 Å². The SMILES string of the molecule is C#CCCC(=O)C(C)(C)N1CCCCC1. The number of carbonyl (C=O) groups is 1. The van der Waals surface area contributed by atoms with Crippen LogP contribution in [0.5, 0.6) is 0 Å². The Morgan fingerprint density at radius 3 is 2.47 bits per heavy atom. The number of terminal acetylenes is 1. The van der Waals surface area contributed by atoms with Gasteiger partial charge in [-0.1, -0.05) is 6.42 Å². The van der Waals surface area contributed by atoms with Crippen LogP contribution in [0.4, 0.5) is 0 Å². The van der Waals surface area contributed by atoms with E-state index in [1.165, 1.54) is 19.3 Å². The van der Waals surface area contributed by atoms with E-state index in [2.05, 4.69) is 10.8 Å². The molecule has 0 saturated carbocycles. The zero-order chi connectivity index (χ0) is 11.3. The molecule has 1 heterocycles. The third-order valence-corrected chi connectivity index (χ3v) is 3.33. The van der Waals surface area contributed by atoms with Crippen LogP contribution in [0.25, 0.3) is 0 Å². The van der Waals surface area contributed by atoms with E-state index < -0.39 is 0 Å². The second kappa shape index (κ2) is 5.32. The predicted molar refractivity (Wildman–Crippen MR) is 62.6 cm³/mol. The molecule has 0 atom stereocenters. The maximum absolute atomic E-state index is 12.0. The molecule has 0 amide bonds. The quantitative estimate of drug-likeness (QED) is 0.659. The van der Waals surface area contributed by atoms with Crippen molar-refractivity contribution in [1.82, 2.24) is 4.90 Å². The molecule has 2 heteroatoms. The first-order valence-electron chi connectivity index (χ1n) is 5.81. The number of likely N-dealkylation sites (tertiary alicyclic amines) is 1.